The zero-order valence-corrected chi connectivity index (χ0v) is 10.2. The molecule has 0 heterocycles. The van der Waals surface area contributed by atoms with Crippen LogP contribution < -0.4 is 4.72 Å². The molecule has 0 aliphatic carbocycles. The van der Waals surface area contributed by atoms with Gasteiger partial charge in [-0.3, -0.25) is 4.79 Å². The number of carbonyl (C=O) groups excluding carboxylic acids is 1. The minimum atomic E-state index is -3.42. The van der Waals surface area contributed by atoms with Gasteiger partial charge in [0, 0.05) is 6.42 Å². The number of Topliss-reactive ketones (excluding diaryl/α,β-unsaturated/α-hetero) is 1. The van der Waals surface area contributed by atoms with Crippen LogP contribution in [0.4, 0.5) is 0 Å². The lowest BCUT2D eigenvalue weighted by atomic mass is 10.2. The Labute approximate surface area is 86.1 Å². The average Bonchev–Trinajstić information content (AvgIpc) is 2.00. The topological polar surface area (TPSA) is 63.2 Å². The molecule has 0 bridgehead atoms. The van der Waals surface area contributed by atoms with E-state index >= 15 is 0 Å². The Morgan fingerprint density at radius 2 is 1.79 bits per heavy atom. The van der Waals surface area contributed by atoms with Gasteiger partial charge in [-0.1, -0.05) is 6.92 Å². The highest BCUT2D eigenvalue weighted by molar-refractivity contribution is 7.90. The number of sulfonamides is 1. The van der Waals surface area contributed by atoms with Crippen molar-refractivity contribution in [3.05, 3.63) is 0 Å². The van der Waals surface area contributed by atoms with E-state index in [2.05, 4.69) is 4.72 Å². The maximum Gasteiger partial charge on any atom is 0.217 e. The number of hydrogen-bond donors (Lipinski definition) is 1. The Morgan fingerprint density at radius 1 is 1.36 bits per heavy atom. The van der Waals surface area contributed by atoms with E-state index in [9.17, 15) is 13.2 Å². The van der Waals surface area contributed by atoms with Crippen LogP contribution in [0.25, 0.3) is 0 Å². The van der Waals surface area contributed by atoms with E-state index in [-0.39, 0.29) is 5.78 Å². The summed E-state index contributed by atoms with van der Waals surface area (Å²) < 4.78 is 24.7. The smallest absolute Gasteiger partial charge is 0.217 e. The first-order valence-corrected chi connectivity index (χ1v) is 6.14. The summed E-state index contributed by atoms with van der Waals surface area (Å²) in [6, 6.07) is -0.635. The molecule has 0 radical (unpaired) electrons. The highest BCUT2D eigenvalue weighted by Gasteiger charge is 2.31. The lowest BCUT2D eigenvalue weighted by Gasteiger charge is -2.22. The largest absolute Gasteiger partial charge is 0.298 e. The summed E-state index contributed by atoms with van der Waals surface area (Å²) in [5.74, 6) is -0.0992. The fraction of sp³-hybridized carbons (Fsp3) is 0.889. The Kier molecular flexibility index (Phi) is 4.27. The van der Waals surface area contributed by atoms with Gasteiger partial charge >= 0.3 is 0 Å². The number of nitrogens with one attached hydrogen (secondary N) is 1. The maximum atomic E-state index is 11.6. The van der Waals surface area contributed by atoms with Crippen molar-refractivity contribution in [3.8, 4) is 0 Å². The maximum absolute atomic E-state index is 11.6. The molecule has 14 heavy (non-hydrogen) atoms. The van der Waals surface area contributed by atoms with Crippen molar-refractivity contribution in [2.75, 3.05) is 0 Å². The van der Waals surface area contributed by atoms with E-state index in [0.29, 0.717) is 6.42 Å². The van der Waals surface area contributed by atoms with Crippen molar-refractivity contribution < 1.29 is 13.2 Å². The van der Waals surface area contributed by atoms with Crippen molar-refractivity contribution in [2.45, 2.75) is 51.8 Å². The fourth-order valence-electron chi connectivity index (χ4n) is 0.781. The summed E-state index contributed by atoms with van der Waals surface area (Å²) in [6.45, 7) is 8.06. The number of hydrogen-bond acceptors (Lipinski definition) is 3. The van der Waals surface area contributed by atoms with Gasteiger partial charge in [0.05, 0.1) is 10.8 Å². The van der Waals surface area contributed by atoms with Gasteiger partial charge in [0.15, 0.2) is 0 Å². The molecule has 0 saturated heterocycles. The summed E-state index contributed by atoms with van der Waals surface area (Å²) in [6.07, 6.45) is 0.341. The molecule has 0 aliphatic rings. The third kappa shape index (κ3) is 3.38. The minimum absolute atomic E-state index is 0.0992. The van der Waals surface area contributed by atoms with Crippen molar-refractivity contribution in [3.63, 3.8) is 0 Å². The van der Waals surface area contributed by atoms with Crippen LogP contribution in [0.2, 0.25) is 0 Å². The molecular weight excluding hydrogens is 202 g/mol. The van der Waals surface area contributed by atoms with Gasteiger partial charge in [0.1, 0.15) is 5.78 Å². The van der Waals surface area contributed by atoms with Crippen LogP contribution in [0.3, 0.4) is 0 Å². The highest BCUT2D eigenvalue weighted by atomic mass is 32.2. The first kappa shape index (κ1) is 13.6. The molecule has 84 valence electrons. The molecule has 0 fully saturated rings. The van der Waals surface area contributed by atoms with E-state index in [4.69, 9.17) is 0 Å². The van der Waals surface area contributed by atoms with E-state index in [0.717, 1.165) is 0 Å². The molecule has 0 aromatic carbocycles. The van der Waals surface area contributed by atoms with Crippen LogP contribution in [0.5, 0.6) is 0 Å². The SMILES string of the molecule is CCC(=O)C(C)NS(=O)(=O)C(C)(C)C. The molecule has 0 aromatic heterocycles. The Bertz CT molecular complexity index is 301. The van der Waals surface area contributed by atoms with Crippen LogP contribution in [0.15, 0.2) is 0 Å². The summed E-state index contributed by atoms with van der Waals surface area (Å²) in [5, 5.41) is 0. The van der Waals surface area contributed by atoms with Gasteiger partial charge in [-0.25, -0.2) is 13.1 Å². The van der Waals surface area contributed by atoms with Crippen LogP contribution in [0, 0.1) is 0 Å². The van der Waals surface area contributed by atoms with Crippen molar-refractivity contribution >= 4 is 15.8 Å². The first-order chi connectivity index (χ1) is 6.12. The molecule has 0 aliphatic heterocycles. The lowest BCUT2D eigenvalue weighted by Crippen LogP contribution is -2.46. The van der Waals surface area contributed by atoms with Gasteiger partial charge in [-0.2, -0.15) is 0 Å². The molecule has 0 amide bonds. The van der Waals surface area contributed by atoms with E-state index < -0.39 is 20.8 Å². The van der Waals surface area contributed by atoms with Crippen LogP contribution in [-0.4, -0.2) is 25.0 Å². The van der Waals surface area contributed by atoms with Gasteiger partial charge in [-0.15, -0.1) is 0 Å². The van der Waals surface area contributed by atoms with E-state index in [1.54, 1.807) is 34.6 Å². The average molecular weight is 221 g/mol. The molecule has 1 N–H and O–H groups in total. The van der Waals surface area contributed by atoms with Crippen molar-refractivity contribution in [1.82, 2.24) is 4.72 Å². The molecule has 1 atom stereocenters. The van der Waals surface area contributed by atoms with Gasteiger partial charge in [0.25, 0.3) is 0 Å². The monoisotopic (exact) mass is 221 g/mol. The summed E-state index contributed by atoms with van der Waals surface area (Å²) in [4.78, 5) is 11.2. The summed E-state index contributed by atoms with van der Waals surface area (Å²) >= 11 is 0. The van der Waals surface area contributed by atoms with Crippen molar-refractivity contribution in [2.24, 2.45) is 0 Å². The Morgan fingerprint density at radius 3 is 2.07 bits per heavy atom. The summed E-state index contributed by atoms with van der Waals surface area (Å²) in [7, 11) is -3.42. The zero-order valence-electron chi connectivity index (χ0n) is 9.42. The lowest BCUT2D eigenvalue weighted by molar-refractivity contribution is -0.119. The zero-order chi connectivity index (χ0) is 11.6. The second kappa shape index (κ2) is 4.40. The minimum Gasteiger partial charge on any atom is -0.298 e. The van der Waals surface area contributed by atoms with Gasteiger partial charge < -0.3 is 0 Å². The molecule has 0 saturated carbocycles. The number of ketones is 1. The summed E-state index contributed by atoms with van der Waals surface area (Å²) in [5.41, 5.74) is 0. The molecule has 0 rings (SSSR count). The van der Waals surface area contributed by atoms with Crippen LogP contribution >= 0.6 is 0 Å². The normalized spacial score (nSPS) is 15.2. The van der Waals surface area contributed by atoms with Crippen molar-refractivity contribution in [1.29, 1.82) is 0 Å². The molecule has 0 aromatic rings. The van der Waals surface area contributed by atoms with Crippen LogP contribution in [0.1, 0.15) is 41.0 Å². The predicted molar refractivity (Wildman–Crippen MR) is 56.6 cm³/mol. The first-order valence-electron chi connectivity index (χ1n) is 4.66. The molecule has 4 nitrogen and oxygen atoms in total. The quantitative estimate of drug-likeness (QED) is 0.772. The fourth-order valence-corrected chi connectivity index (χ4v) is 1.73. The number of carbonyl (C=O) groups is 1. The van der Waals surface area contributed by atoms with Gasteiger partial charge in [-0.05, 0) is 27.7 Å². The Hall–Kier alpha value is -0.420. The highest BCUT2D eigenvalue weighted by Crippen LogP contribution is 2.13. The van der Waals surface area contributed by atoms with E-state index in [1.165, 1.54) is 0 Å². The third-order valence-corrected chi connectivity index (χ3v) is 4.25. The molecule has 0 spiro atoms. The molecule has 5 heteroatoms. The van der Waals surface area contributed by atoms with Crippen LogP contribution in [-0.2, 0) is 14.8 Å². The predicted octanol–water partition coefficient (Wildman–Crippen LogP) is 1.07. The van der Waals surface area contributed by atoms with E-state index in [1.807, 2.05) is 0 Å². The standard InChI is InChI=1S/C9H19NO3S/c1-6-8(11)7(2)10-14(12,13)9(3,4)5/h7,10H,6H2,1-5H3. The second-order valence-electron chi connectivity index (χ2n) is 4.28. The third-order valence-electron chi connectivity index (χ3n) is 1.97. The molecule has 1 unspecified atom stereocenters. The second-order valence-corrected chi connectivity index (χ2v) is 6.74. The van der Waals surface area contributed by atoms with Gasteiger partial charge in [0.2, 0.25) is 10.0 Å². The number of rotatable bonds is 4. The Balaban J connectivity index is 4.63. The molecular formula is C9H19NO3S.